The lowest BCUT2D eigenvalue weighted by molar-refractivity contribution is 0.0303. The molecule has 1 aliphatic heterocycles. The lowest BCUT2D eigenvalue weighted by Crippen LogP contribution is -2.40. The summed E-state index contributed by atoms with van der Waals surface area (Å²) in [6.07, 6.45) is 2.38. The summed E-state index contributed by atoms with van der Waals surface area (Å²) in [6.45, 7) is 2.19. The highest BCUT2D eigenvalue weighted by atomic mass is 32.2. The van der Waals surface area contributed by atoms with E-state index >= 15 is 0 Å². The minimum Gasteiger partial charge on any atom is -0.382 e. The van der Waals surface area contributed by atoms with E-state index in [4.69, 9.17) is 10.5 Å². The van der Waals surface area contributed by atoms with Crippen molar-refractivity contribution in [3.05, 3.63) is 36.0 Å². The summed E-state index contributed by atoms with van der Waals surface area (Å²) in [5.41, 5.74) is 7.24. The van der Waals surface area contributed by atoms with Gasteiger partial charge in [0.05, 0.1) is 19.4 Å². The molecule has 0 bridgehead atoms. The number of morpholine rings is 1. The normalized spacial score (nSPS) is 14.9. The Morgan fingerprint density at radius 3 is 2.55 bits per heavy atom. The summed E-state index contributed by atoms with van der Waals surface area (Å²) >= 11 is 0. The van der Waals surface area contributed by atoms with Crippen LogP contribution in [0, 0.1) is 0 Å². The van der Waals surface area contributed by atoms with Gasteiger partial charge in [0.25, 0.3) is 11.1 Å². The molecule has 0 aliphatic carbocycles. The fraction of sp³-hybridized carbons (Fsp3) is 0.294. The van der Waals surface area contributed by atoms with Crippen LogP contribution >= 0.6 is 0 Å². The second-order valence-electron chi connectivity index (χ2n) is 6.54. The van der Waals surface area contributed by atoms with E-state index in [0.29, 0.717) is 37.6 Å². The van der Waals surface area contributed by atoms with Gasteiger partial charge in [-0.2, -0.15) is 9.50 Å². The third-order valence-electron chi connectivity index (χ3n) is 4.39. The van der Waals surface area contributed by atoms with Crippen molar-refractivity contribution in [1.82, 2.24) is 24.5 Å². The number of fused-ring (bicyclic) bond motifs is 1. The summed E-state index contributed by atoms with van der Waals surface area (Å²) in [7, 11) is -3.66. The Balaban J connectivity index is 1.62. The smallest absolute Gasteiger partial charge is 0.267 e. The molecule has 152 valence electrons. The SMILES string of the molecule is CS(=O)(=O)c1nc(Nc2ccc(C(=O)N3CCOCC3)cc2)c2ncc(N)n2n1. The first-order chi connectivity index (χ1) is 13.8. The van der Waals surface area contributed by atoms with Gasteiger partial charge in [-0.3, -0.25) is 4.79 Å². The second-order valence-corrected chi connectivity index (χ2v) is 8.45. The van der Waals surface area contributed by atoms with Gasteiger partial charge >= 0.3 is 0 Å². The van der Waals surface area contributed by atoms with Crippen LogP contribution in [0.4, 0.5) is 17.3 Å². The molecule has 29 heavy (non-hydrogen) atoms. The fourth-order valence-corrected chi connectivity index (χ4v) is 3.39. The highest BCUT2D eigenvalue weighted by Crippen LogP contribution is 2.22. The number of ether oxygens (including phenoxy) is 1. The Labute approximate surface area is 166 Å². The van der Waals surface area contributed by atoms with Crippen molar-refractivity contribution in [2.24, 2.45) is 0 Å². The van der Waals surface area contributed by atoms with Gasteiger partial charge in [-0.15, -0.1) is 5.10 Å². The first-order valence-corrected chi connectivity index (χ1v) is 10.7. The zero-order chi connectivity index (χ0) is 20.6. The van der Waals surface area contributed by atoms with Gasteiger partial charge in [0.15, 0.2) is 11.5 Å². The Bertz CT molecular complexity index is 1170. The number of nitrogens with two attached hydrogens (primary N) is 1. The molecule has 1 fully saturated rings. The molecule has 0 radical (unpaired) electrons. The van der Waals surface area contributed by atoms with Crippen molar-refractivity contribution in [2.75, 3.05) is 43.6 Å². The molecule has 11 nitrogen and oxygen atoms in total. The molecule has 1 aliphatic rings. The number of rotatable bonds is 4. The second kappa shape index (κ2) is 7.29. The summed E-state index contributed by atoms with van der Waals surface area (Å²) in [5, 5.41) is 6.57. The van der Waals surface area contributed by atoms with Gasteiger partial charge < -0.3 is 20.7 Å². The molecule has 1 saturated heterocycles. The molecule has 4 rings (SSSR count). The number of hydrogen-bond donors (Lipinski definition) is 2. The van der Waals surface area contributed by atoms with E-state index in [1.807, 2.05) is 0 Å². The molecule has 0 spiro atoms. The van der Waals surface area contributed by atoms with Crippen molar-refractivity contribution >= 4 is 38.7 Å². The molecular formula is C17H19N7O4S. The van der Waals surface area contributed by atoms with Crippen molar-refractivity contribution in [3.63, 3.8) is 0 Å². The Morgan fingerprint density at radius 1 is 1.21 bits per heavy atom. The predicted octanol–water partition coefficient (Wildman–Crippen LogP) is 0.326. The summed E-state index contributed by atoms with van der Waals surface area (Å²) < 4.78 is 30.3. The average Bonchev–Trinajstić information content (AvgIpc) is 3.09. The molecule has 0 atom stereocenters. The zero-order valence-electron chi connectivity index (χ0n) is 15.6. The number of aromatic nitrogens is 4. The quantitative estimate of drug-likeness (QED) is 0.613. The van der Waals surface area contributed by atoms with Crippen LogP contribution < -0.4 is 11.1 Å². The minimum absolute atomic E-state index is 0.0651. The number of carbonyl (C=O) groups is 1. The average molecular weight is 417 g/mol. The summed E-state index contributed by atoms with van der Waals surface area (Å²) in [6, 6.07) is 6.79. The van der Waals surface area contributed by atoms with Crippen LogP contribution in [0.3, 0.4) is 0 Å². The largest absolute Gasteiger partial charge is 0.382 e. The standard InChI is InChI=1S/C17H19N7O4S/c1-29(26,27)17-21-14(15-19-10-13(18)24(15)22-17)20-12-4-2-11(3-5-12)16(25)23-6-8-28-9-7-23/h2-5,10H,6-9,18H2,1H3,(H,20,21,22). The van der Waals surface area contributed by atoms with E-state index in [1.54, 1.807) is 29.2 Å². The highest BCUT2D eigenvalue weighted by Gasteiger charge is 2.20. The number of carbonyl (C=O) groups excluding carboxylic acids is 1. The van der Waals surface area contributed by atoms with Crippen LogP contribution in [-0.4, -0.2) is 71.4 Å². The molecule has 2 aromatic heterocycles. The molecule has 3 N–H and O–H groups in total. The molecule has 3 aromatic rings. The summed E-state index contributed by atoms with van der Waals surface area (Å²) in [4.78, 5) is 22.5. The van der Waals surface area contributed by atoms with Crippen LogP contribution in [0.15, 0.2) is 35.6 Å². The van der Waals surface area contributed by atoms with E-state index in [-0.39, 0.29) is 28.3 Å². The van der Waals surface area contributed by atoms with E-state index in [1.165, 1.54) is 10.7 Å². The molecule has 1 aromatic carbocycles. The number of imidazole rings is 1. The minimum atomic E-state index is -3.66. The Morgan fingerprint density at radius 2 is 1.90 bits per heavy atom. The van der Waals surface area contributed by atoms with Gasteiger partial charge in [-0.05, 0) is 24.3 Å². The molecule has 0 unspecified atom stereocenters. The van der Waals surface area contributed by atoms with Gasteiger partial charge in [-0.25, -0.2) is 13.4 Å². The topological polar surface area (TPSA) is 145 Å². The Kier molecular flexibility index (Phi) is 4.80. The van der Waals surface area contributed by atoms with Gasteiger partial charge in [-0.1, -0.05) is 0 Å². The first kappa shape index (κ1) is 19.1. The van der Waals surface area contributed by atoms with Crippen molar-refractivity contribution in [1.29, 1.82) is 0 Å². The van der Waals surface area contributed by atoms with Gasteiger partial charge in [0, 0.05) is 30.6 Å². The number of nitrogen functional groups attached to an aromatic ring is 1. The van der Waals surface area contributed by atoms with Crippen LogP contribution in [0.25, 0.3) is 5.65 Å². The van der Waals surface area contributed by atoms with Gasteiger partial charge in [0.2, 0.25) is 9.84 Å². The lowest BCUT2D eigenvalue weighted by Gasteiger charge is -2.26. The van der Waals surface area contributed by atoms with Gasteiger partial charge in [0.1, 0.15) is 5.82 Å². The van der Waals surface area contributed by atoms with E-state index in [0.717, 1.165) is 6.26 Å². The number of anilines is 3. The lowest BCUT2D eigenvalue weighted by atomic mass is 10.1. The number of benzene rings is 1. The maximum Gasteiger partial charge on any atom is 0.267 e. The van der Waals surface area contributed by atoms with Crippen LogP contribution in [-0.2, 0) is 14.6 Å². The maximum absolute atomic E-state index is 12.5. The van der Waals surface area contributed by atoms with E-state index in [9.17, 15) is 13.2 Å². The third-order valence-corrected chi connectivity index (χ3v) is 5.23. The fourth-order valence-electron chi connectivity index (χ4n) is 2.90. The highest BCUT2D eigenvalue weighted by molar-refractivity contribution is 7.90. The van der Waals surface area contributed by atoms with Crippen LogP contribution in [0.5, 0.6) is 0 Å². The number of nitrogens with zero attached hydrogens (tertiary/aromatic N) is 5. The van der Waals surface area contributed by atoms with Crippen LogP contribution in [0.2, 0.25) is 0 Å². The number of hydrogen-bond acceptors (Lipinski definition) is 9. The molecule has 3 heterocycles. The number of nitrogens with one attached hydrogen (secondary N) is 1. The zero-order valence-corrected chi connectivity index (χ0v) is 16.4. The molecule has 1 amide bonds. The maximum atomic E-state index is 12.5. The number of sulfone groups is 1. The summed E-state index contributed by atoms with van der Waals surface area (Å²) in [5.74, 6) is 0.302. The molecule has 12 heteroatoms. The third kappa shape index (κ3) is 3.84. The first-order valence-electron chi connectivity index (χ1n) is 8.78. The number of amides is 1. The molecular weight excluding hydrogens is 398 g/mol. The van der Waals surface area contributed by atoms with E-state index in [2.05, 4.69) is 20.4 Å². The monoisotopic (exact) mass is 417 g/mol. The molecule has 0 saturated carbocycles. The predicted molar refractivity (Wildman–Crippen MR) is 105 cm³/mol. The van der Waals surface area contributed by atoms with Crippen molar-refractivity contribution < 1.29 is 17.9 Å². The van der Waals surface area contributed by atoms with Crippen molar-refractivity contribution in [3.8, 4) is 0 Å². The van der Waals surface area contributed by atoms with E-state index < -0.39 is 9.84 Å². The van der Waals surface area contributed by atoms with Crippen LogP contribution in [0.1, 0.15) is 10.4 Å². The van der Waals surface area contributed by atoms with Crippen molar-refractivity contribution in [2.45, 2.75) is 5.16 Å². The Hall–Kier alpha value is -3.25.